The highest BCUT2D eigenvalue weighted by Gasteiger charge is 2.22. The predicted molar refractivity (Wildman–Crippen MR) is 94.2 cm³/mol. The molecule has 3 rings (SSSR count). The molecule has 1 unspecified atom stereocenters. The van der Waals surface area contributed by atoms with Crippen LogP contribution in [-0.4, -0.2) is 38.9 Å². The summed E-state index contributed by atoms with van der Waals surface area (Å²) in [5, 5.41) is 2.87. The van der Waals surface area contributed by atoms with Gasteiger partial charge in [0, 0.05) is 25.0 Å². The van der Waals surface area contributed by atoms with E-state index >= 15 is 0 Å². The lowest BCUT2D eigenvalue weighted by Crippen LogP contribution is -2.39. The monoisotopic (exact) mass is 326 g/mol. The first-order chi connectivity index (χ1) is 11.7. The summed E-state index contributed by atoms with van der Waals surface area (Å²) in [6, 6.07) is 18.1. The molecule has 1 aliphatic heterocycles. The normalized spacial score (nSPS) is 17.3. The molecule has 0 aromatic heterocycles. The minimum absolute atomic E-state index is 0.167. The summed E-state index contributed by atoms with van der Waals surface area (Å²) in [5.41, 5.74) is 3.10. The van der Waals surface area contributed by atoms with Gasteiger partial charge in [0.25, 0.3) is 5.91 Å². The van der Waals surface area contributed by atoms with E-state index < -0.39 is 6.10 Å². The van der Waals surface area contributed by atoms with Gasteiger partial charge in [0.2, 0.25) is 0 Å². The second kappa shape index (κ2) is 7.95. The van der Waals surface area contributed by atoms with Gasteiger partial charge in [0.15, 0.2) is 6.10 Å². The van der Waals surface area contributed by atoms with Gasteiger partial charge in [-0.15, -0.1) is 0 Å². The van der Waals surface area contributed by atoms with Gasteiger partial charge in [-0.2, -0.15) is 0 Å². The van der Waals surface area contributed by atoms with E-state index in [1.807, 2.05) is 49.5 Å². The molecule has 2 aromatic carbocycles. The fraction of sp³-hybridized carbons (Fsp3) is 0.316. The molecule has 0 aliphatic carbocycles. The SMILES string of the molecule is CN(Cc1ccccc1)c1ccc(NC(=O)C2COCCO2)cc1. The number of hydrogen-bond acceptors (Lipinski definition) is 4. The zero-order valence-electron chi connectivity index (χ0n) is 13.8. The smallest absolute Gasteiger partial charge is 0.255 e. The summed E-state index contributed by atoms with van der Waals surface area (Å²) >= 11 is 0. The molecule has 1 atom stereocenters. The Balaban J connectivity index is 1.57. The second-order valence-corrected chi connectivity index (χ2v) is 5.81. The second-order valence-electron chi connectivity index (χ2n) is 5.81. The lowest BCUT2D eigenvalue weighted by atomic mass is 10.2. The molecular weight excluding hydrogens is 304 g/mol. The van der Waals surface area contributed by atoms with E-state index in [0.717, 1.165) is 17.9 Å². The molecule has 1 amide bonds. The van der Waals surface area contributed by atoms with Crippen LogP contribution in [0.4, 0.5) is 11.4 Å². The van der Waals surface area contributed by atoms with E-state index in [9.17, 15) is 4.79 Å². The number of benzene rings is 2. The number of amides is 1. The maximum Gasteiger partial charge on any atom is 0.255 e. The number of nitrogens with zero attached hydrogens (tertiary/aromatic N) is 1. The van der Waals surface area contributed by atoms with E-state index in [1.54, 1.807) is 0 Å². The van der Waals surface area contributed by atoms with Crippen molar-refractivity contribution >= 4 is 17.3 Å². The summed E-state index contributed by atoms with van der Waals surface area (Å²) < 4.78 is 10.7. The van der Waals surface area contributed by atoms with E-state index in [4.69, 9.17) is 9.47 Å². The Morgan fingerprint density at radius 3 is 2.54 bits per heavy atom. The third kappa shape index (κ3) is 4.34. The van der Waals surface area contributed by atoms with E-state index in [2.05, 4.69) is 22.3 Å². The van der Waals surface area contributed by atoms with Crippen LogP contribution < -0.4 is 10.2 Å². The third-order valence-electron chi connectivity index (χ3n) is 3.95. The maximum atomic E-state index is 12.1. The van der Waals surface area contributed by atoms with E-state index in [0.29, 0.717) is 19.8 Å². The highest BCUT2D eigenvalue weighted by atomic mass is 16.6. The number of carbonyl (C=O) groups is 1. The van der Waals surface area contributed by atoms with Crippen LogP contribution in [0.1, 0.15) is 5.56 Å². The fourth-order valence-electron chi connectivity index (χ4n) is 2.61. The third-order valence-corrected chi connectivity index (χ3v) is 3.95. The Morgan fingerprint density at radius 1 is 1.12 bits per heavy atom. The summed E-state index contributed by atoms with van der Waals surface area (Å²) in [5.74, 6) is -0.167. The van der Waals surface area contributed by atoms with Gasteiger partial charge in [0.05, 0.1) is 19.8 Å². The molecule has 1 aliphatic rings. The van der Waals surface area contributed by atoms with Gasteiger partial charge in [-0.1, -0.05) is 30.3 Å². The number of rotatable bonds is 5. The van der Waals surface area contributed by atoms with Crippen molar-refractivity contribution in [1.82, 2.24) is 0 Å². The van der Waals surface area contributed by atoms with Gasteiger partial charge in [-0.3, -0.25) is 4.79 Å². The first-order valence-electron chi connectivity index (χ1n) is 8.08. The topological polar surface area (TPSA) is 50.8 Å². The zero-order valence-corrected chi connectivity index (χ0v) is 13.8. The average Bonchev–Trinajstić information content (AvgIpc) is 2.64. The van der Waals surface area contributed by atoms with Crippen LogP contribution in [-0.2, 0) is 20.8 Å². The Bertz CT molecular complexity index is 652. The molecule has 0 bridgehead atoms. The number of carbonyl (C=O) groups excluding carboxylic acids is 1. The molecule has 0 spiro atoms. The van der Waals surface area contributed by atoms with Crippen molar-refractivity contribution in [3.8, 4) is 0 Å². The molecule has 5 nitrogen and oxygen atoms in total. The highest BCUT2D eigenvalue weighted by Crippen LogP contribution is 2.19. The molecule has 1 N–H and O–H groups in total. The number of nitrogens with one attached hydrogen (secondary N) is 1. The fourth-order valence-corrected chi connectivity index (χ4v) is 2.61. The first-order valence-corrected chi connectivity index (χ1v) is 8.08. The minimum atomic E-state index is -0.529. The van der Waals surface area contributed by atoms with Crippen molar-refractivity contribution in [2.24, 2.45) is 0 Å². The summed E-state index contributed by atoms with van der Waals surface area (Å²) in [4.78, 5) is 14.3. The molecule has 0 radical (unpaired) electrons. The first kappa shape index (κ1) is 16.5. The van der Waals surface area contributed by atoms with Crippen LogP contribution in [0.3, 0.4) is 0 Å². The summed E-state index contributed by atoms with van der Waals surface area (Å²) in [6.07, 6.45) is -0.529. The summed E-state index contributed by atoms with van der Waals surface area (Å²) in [7, 11) is 2.05. The van der Waals surface area contributed by atoms with Crippen molar-refractivity contribution in [2.75, 3.05) is 37.1 Å². The van der Waals surface area contributed by atoms with Crippen LogP contribution in [0.5, 0.6) is 0 Å². The van der Waals surface area contributed by atoms with Crippen molar-refractivity contribution in [2.45, 2.75) is 12.6 Å². The maximum absolute atomic E-state index is 12.1. The molecule has 5 heteroatoms. The molecule has 2 aromatic rings. The molecule has 1 heterocycles. The Kier molecular flexibility index (Phi) is 5.46. The molecule has 1 fully saturated rings. The van der Waals surface area contributed by atoms with E-state index in [1.165, 1.54) is 5.56 Å². The van der Waals surface area contributed by atoms with E-state index in [-0.39, 0.29) is 5.91 Å². The number of hydrogen-bond donors (Lipinski definition) is 1. The lowest BCUT2D eigenvalue weighted by Gasteiger charge is -2.22. The molecule has 126 valence electrons. The average molecular weight is 326 g/mol. The number of anilines is 2. The Labute approximate surface area is 142 Å². The van der Waals surface area contributed by atoms with Gasteiger partial charge >= 0.3 is 0 Å². The van der Waals surface area contributed by atoms with Gasteiger partial charge in [0.1, 0.15) is 0 Å². The Morgan fingerprint density at radius 2 is 1.88 bits per heavy atom. The molecule has 1 saturated heterocycles. The molecular formula is C19H22N2O3. The highest BCUT2D eigenvalue weighted by molar-refractivity contribution is 5.94. The zero-order chi connectivity index (χ0) is 16.8. The van der Waals surface area contributed by atoms with Crippen molar-refractivity contribution < 1.29 is 14.3 Å². The Hall–Kier alpha value is -2.37. The van der Waals surface area contributed by atoms with Crippen LogP contribution >= 0.6 is 0 Å². The quantitative estimate of drug-likeness (QED) is 0.918. The summed E-state index contributed by atoms with van der Waals surface area (Å²) in [6.45, 7) is 2.15. The van der Waals surface area contributed by atoms with Crippen LogP contribution in [0.15, 0.2) is 54.6 Å². The predicted octanol–water partition coefficient (Wildman–Crippen LogP) is 2.68. The standard InChI is InChI=1S/C19H22N2O3/c1-21(13-15-5-3-2-4-6-15)17-9-7-16(8-10-17)20-19(22)18-14-23-11-12-24-18/h2-10,18H,11-14H2,1H3,(H,20,22). The van der Waals surface area contributed by atoms with Crippen molar-refractivity contribution in [3.63, 3.8) is 0 Å². The van der Waals surface area contributed by atoms with Crippen LogP contribution in [0.2, 0.25) is 0 Å². The lowest BCUT2D eigenvalue weighted by molar-refractivity contribution is -0.142. The molecule has 24 heavy (non-hydrogen) atoms. The largest absolute Gasteiger partial charge is 0.376 e. The molecule has 0 saturated carbocycles. The van der Waals surface area contributed by atoms with Crippen molar-refractivity contribution in [1.29, 1.82) is 0 Å². The number of ether oxygens (including phenoxy) is 2. The van der Waals surface area contributed by atoms with Gasteiger partial charge in [-0.05, 0) is 29.8 Å². The van der Waals surface area contributed by atoms with Gasteiger partial charge < -0.3 is 19.7 Å². The van der Waals surface area contributed by atoms with Crippen molar-refractivity contribution in [3.05, 3.63) is 60.2 Å². The van der Waals surface area contributed by atoms with Gasteiger partial charge in [-0.25, -0.2) is 0 Å². The minimum Gasteiger partial charge on any atom is -0.376 e. The van der Waals surface area contributed by atoms with Crippen LogP contribution in [0, 0.1) is 0 Å². The van der Waals surface area contributed by atoms with Crippen LogP contribution in [0.25, 0.3) is 0 Å².